The van der Waals surface area contributed by atoms with E-state index in [9.17, 15) is 13.2 Å². The molecule has 0 radical (unpaired) electrons. The lowest BCUT2D eigenvalue weighted by atomic mass is 10.1. The summed E-state index contributed by atoms with van der Waals surface area (Å²) >= 11 is 0. The summed E-state index contributed by atoms with van der Waals surface area (Å²) < 4.78 is 46.9. The number of ether oxygens (including phenoxy) is 1. The Bertz CT molecular complexity index is 909. The van der Waals surface area contributed by atoms with Gasteiger partial charge >= 0.3 is 6.01 Å². The summed E-state index contributed by atoms with van der Waals surface area (Å²) in [6.07, 6.45) is 2.52. The zero-order valence-electron chi connectivity index (χ0n) is 13.9. The Labute approximate surface area is 146 Å². The molecule has 1 N–H and O–H groups in total. The lowest BCUT2D eigenvalue weighted by molar-refractivity contribution is 0.0174. The minimum absolute atomic E-state index is 0.0102. The van der Waals surface area contributed by atoms with E-state index in [-0.39, 0.29) is 24.0 Å². The Morgan fingerprint density at radius 2 is 2.12 bits per heavy atom. The molecule has 3 rings (SSSR count). The van der Waals surface area contributed by atoms with Gasteiger partial charge in [0.2, 0.25) is 0 Å². The average Bonchev–Trinajstić information content (AvgIpc) is 3.09. The zero-order valence-corrected chi connectivity index (χ0v) is 13.9. The molecule has 3 aromatic rings. The van der Waals surface area contributed by atoms with Crippen molar-refractivity contribution in [2.45, 2.75) is 19.5 Å². The highest BCUT2D eigenvalue weighted by atomic mass is 19.3. The summed E-state index contributed by atoms with van der Waals surface area (Å²) in [6, 6.07) is 5.80. The molecule has 136 valence electrons. The SMILES string of the molecule is CNc1nc(OCc2cn(-c3cccc(C(C)(F)F)c3)nn2)ncc1F. The molecule has 0 unspecified atom stereocenters. The van der Waals surface area contributed by atoms with Gasteiger partial charge in [0, 0.05) is 19.5 Å². The summed E-state index contributed by atoms with van der Waals surface area (Å²) in [5.74, 6) is -3.54. The fourth-order valence-electron chi connectivity index (χ4n) is 2.15. The van der Waals surface area contributed by atoms with E-state index in [1.54, 1.807) is 6.07 Å². The van der Waals surface area contributed by atoms with Gasteiger partial charge in [-0.15, -0.1) is 5.10 Å². The van der Waals surface area contributed by atoms with E-state index in [1.165, 1.54) is 36.1 Å². The number of benzene rings is 1. The van der Waals surface area contributed by atoms with Gasteiger partial charge in [-0.3, -0.25) is 0 Å². The maximum Gasteiger partial charge on any atom is 0.318 e. The number of hydrogen-bond acceptors (Lipinski definition) is 6. The van der Waals surface area contributed by atoms with Crippen LogP contribution in [0.2, 0.25) is 0 Å². The molecule has 0 spiro atoms. The first-order valence-corrected chi connectivity index (χ1v) is 7.60. The van der Waals surface area contributed by atoms with Crippen LogP contribution in [0.5, 0.6) is 6.01 Å². The van der Waals surface area contributed by atoms with Gasteiger partial charge in [0.15, 0.2) is 11.6 Å². The quantitative estimate of drug-likeness (QED) is 0.725. The van der Waals surface area contributed by atoms with E-state index in [0.29, 0.717) is 11.4 Å². The van der Waals surface area contributed by atoms with Crippen LogP contribution in [0.25, 0.3) is 5.69 Å². The standard InChI is InChI=1S/C16H15F3N6O/c1-16(18,19)10-4-3-5-12(6-10)25-8-11(23-24-25)9-26-15-21-7-13(17)14(20-2)22-15/h3-8H,9H2,1-2H3,(H,20,21,22). The van der Waals surface area contributed by atoms with Crippen molar-refractivity contribution in [2.24, 2.45) is 0 Å². The van der Waals surface area contributed by atoms with Crippen molar-refractivity contribution in [3.8, 4) is 11.7 Å². The molecule has 0 saturated carbocycles. The number of anilines is 1. The van der Waals surface area contributed by atoms with E-state index < -0.39 is 11.7 Å². The second kappa shape index (κ2) is 6.98. The van der Waals surface area contributed by atoms with Crippen molar-refractivity contribution in [2.75, 3.05) is 12.4 Å². The Balaban J connectivity index is 1.72. The van der Waals surface area contributed by atoms with Crippen molar-refractivity contribution in [1.29, 1.82) is 0 Å². The molecule has 1 aromatic carbocycles. The van der Waals surface area contributed by atoms with Crippen LogP contribution in [0, 0.1) is 5.82 Å². The number of nitrogens with zero attached hydrogens (tertiary/aromatic N) is 5. The van der Waals surface area contributed by atoms with Crippen molar-refractivity contribution in [3.05, 3.63) is 53.7 Å². The maximum atomic E-state index is 13.4. The highest BCUT2D eigenvalue weighted by Crippen LogP contribution is 2.28. The third kappa shape index (κ3) is 3.90. The fraction of sp³-hybridized carbons (Fsp3) is 0.250. The van der Waals surface area contributed by atoms with E-state index in [0.717, 1.165) is 13.1 Å². The van der Waals surface area contributed by atoms with Gasteiger partial charge < -0.3 is 10.1 Å². The first-order chi connectivity index (χ1) is 12.4. The van der Waals surface area contributed by atoms with Crippen LogP contribution in [0.1, 0.15) is 18.2 Å². The second-order valence-corrected chi connectivity index (χ2v) is 5.48. The summed E-state index contributed by atoms with van der Waals surface area (Å²) in [7, 11) is 1.52. The van der Waals surface area contributed by atoms with Crippen molar-refractivity contribution in [3.63, 3.8) is 0 Å². The molecule has 2 heterocycles. The summed E-state index contributed by atoms with van der Waals surface area (Å²) in [5.41, 5.74) is 0.749. The molecular weight excluding hydrogens is 349 g/mol. The predicted molar refractivity (Wildman–Crippen MR) is 86.8 cm³/mol. The van der Waals surface area contributed by atoms with Gasteiger partial charge in [-0.25, -0.2) is 22.8 Å². The zero-order chi connectivity index (χ0) is 18.7. The fourth-order valence-corrected chi connectivity index (χ4v) is 2.15. The minimum Gasteiger partial charge on any atom is -0.457 e. The molecule has 7 nitrogen and oxygen atoms in total. The van der Waals surface area contributed by atoms with Crippen LogP contribution in [-0.4, -0.2) is 32.0 Å². The topological polar surface area (TPSA) is 77.8 Å². The summed E-state index contributed by atoms with van der Waals surface area (Å²) in [6.45, 7) is 0.813. The molecule has 0 saturated heterocycles. The molecule has 0 fully saturated rings. The molecule has 0 bridgehead atoms. The number of hydrogen-bond donors (Lipinski definition) is 1. The van der Waals surface area contributed by atoms with Gasteiger partial charge in [0.25, 0.3) is 5.92 Å². The normalized spacial score (nSPS) is 11.4. The van der Waals surface area contributed by atoms with Crippen LogP contribution in [0.15, 0.2) is 36.7 Å². The van der Waals surface area contributed by atoms with Crippen LogP contribution in [0.3, 0.4) is 0 Å². The van der Waals surface area contributed by atoms with Crippen molar-refractivity contribution >= 4 is 5.82 Å². The molecule has 0 aliphatic carbocycles. The molecule has 0 amide bonds. The third-order valence-corrected chi connectivity index (χ3v) is 3.47. The average molecular weight is 364 g/mol. The monoisotopic (exact) mass is 364 g/mol. The highest BCUT2D eigenvalue weighted by molar-refractivity contribution is 5.37. The van der Waals surface area contributed by atoms with E-state index in [2.05, 4.69) is 25.6 Å². The Morgan fingerprint density at radius 1 is 1.31 bits per heavy atom. The van der Waals surface area contributed by atoms with Crippen molar-refractivity contribution in [1.82, 2.24) is 25.0 Å². The molecule has 0 aliphatic heterocycles. The number of alkyl halides is 2. The largest absolute Gasteiger partial charge is 0.457 e. The molecule has 2 aromatic heterocycles. The van der Waals surface area contributed by atoms with Crippen LogP contribution < -0.4 is 10.1 Å². The second-order valence-electron chi connectivity index (χ2n) is 5.48. The molecule has 0 aliphatic rings. The Hall–Kier alpha value is -3.17. The number of halogens is 3. The van der Waals surface area contributed by atoms with Gasteiger partial charge in [-0.2, -0.15) is 4.98 Å². The predicted octanol–water partition coefficient (Wildman–Crippen LogP) is 2.93. The lowest BCUT2D eigenvalue weighted by Gasteiger charge is -2.11. The first-order valence-electron chi connectivity index (χ1n) is 7.60. The van der Waals surface area contributed by atoms with Crippen LogP contribution in [-0.2, 0) is 12.5 Å². The van der Waals surface area contributed by atoms with E-state index in [4.69, 9.17) is 4.74 Å². The number of rotatable bonds is 6. The highest BCUT2D eigenvalue weighted by Gasteiger charge is 2.24. The van der Waals surface area contributed by atoms with Gasteiger partial charge in [0.1, 0.15) is 12.3 Å². The summed E-state index contributed by atoms with van der Waals surface area (Å²) in [4.78, 5) is 7.57. The maximum absolute atomic E-state index is 13.4. The van der Waals surface area contributed by atoms with Gasteiger partial charge in [-0.1, -0.05) is 17.3 Å². The van der Waals surface area contributed by atoms with Crippen LogP contribution >= 0.6 is 0 Å². The lowest BCUT2D eigenvalue weighted by Crippen LogP contribution is -2.08. The minimum atomic E-state index is -2.95. The Morgan fingerprint density at radius 3 is 2.85 bits per heavy atom. The molecule has 10 heteroatoms. The number of nitrogens with one attached hydrogen (secondary N) is 1. The van der Waals surface area contributed by atoms with Crippen molar-refractivity contribution < 1.29 is 17.9 Å². The smallest absolute Gasteiger partial charge is 0.318 e. The molecular formula is C16H15F3N6O. The van der Waals surface area contributed by atoms with Gasteiger partial charge in [-0.05, 0) is 12.1 Å². The van der Waals surface area contributed by atoms with E-state index in [1.807, 2.05) is 0 Å². The molecule has 26 heavy (non-hydrogen) atoms. The van der Waals surface area contributed by atoms with Gasteiger partial charge in [0.05, 0.1) is 18.1 Å². The summed E-state index contributed by atoms with van der Waals surface area (Å²) in [5, 5.41) is 10.4. The third-order valence-electron chi connectivity index (χ3n) is 3.47. The van der Waals surface area contributed by atoms with Crippen LogP contribution in [0.4, 0.5) is 19.0 Å². The number of aromatic nitrogens is 5. The first kappa shape index (κ1) is 17.6. The van der Waals surface area contributed by atoms with E-state index >= 15 is 0 Å². The molecule has 0 atom stereocenters. The Kier molecular flexibility index (Phi) is 4.74.